The van der Waals surface area contributed by atoms with E-state index in [1.54, 1.807) is 20.8 Å². The number of rotatable bonds is 2. The molecule has 1 N–H and O–H groups in total. The van der Waals surface area contributed by atoms with E-state index in [1.165, 1.54) is 13.0 Å². The second-order valence-corrected chi connectivity index (χ2v) is 4.03. The Kier molecular flexibility index (Phi) is 4.84. The van der Waals surface area contributed by atoms with Gasteiger partial charge in [0, 0.05) is 6.92 Å². The average molecular weight is 214 g/mol. The van der Waals surface area contributed by atoms with Gasteiger partial charge in [-0.05, 0) is 20.8 Å². The Balaban J connectivity index is 4.23. The predicted octanol–water partition coefficient (Wildman–Crippen LogP) is 1.46. The summed E-state index contributed by atoms with van der Waals surface area (Å²) in [5, 5.41) is 1.13. The van der Waals surface area contributed by atoms with Crippen LogP contribution in [0.5, 0.6) is 0 Å². The van der Waals surface area contributed by atoms with Crippen molar-refractivity contribution in [1.82, 2.24) is 10.4 Å². The summed E-state index contributed by atoms with van der Waals surface area (Å²) in [5.74, 6) is -0.277. The Labute approximate surface area is 90.1 Å². The van der Waals surface area contributed by atoms with Crippen molar-refractivity contribution in [2.45, 2.75) is 33.3 Å². The number of carbonyl (C=O) groups excluding carboxylic acids is 2. The van der Waals surface area contributed by atoms with E-state index in [9.17, 15) is 9.59 Å². The number of hydrogen-bond acceptors (Lipinski definition) is 3. The number of ether oxygens (including phenoxy) is 1. The summed E-state index contributed by atoms with van der Waals surface area (Å²) in [7, 11) is 0. The third kappa shape index (κ3) is 6.54. The molecule has 0 spiro atoms. The highest BCUT2D eigenvalue weighted by Gasteiger charge is 2.18. The number of amides is 2. The van der Waals surface area contributed by atoms with E-state index in [-0.39, 0.29) is 12.5 Å². The van der Waals surface area contributed by atoms with Crippen molar-refractivity contribution >= 4 is 12.0 Å². The van der Waals surface area contributed by atoms with E-state index in [4.69, 9.17) is 4.74 Å². The lowest BCUT2D eigenvalue weighted by molar-refractivity contribution is -0.131. The van der Waals surface area contributed by atoms with Gasteiger partial charge in [-0.25, -0.2) is 15.2 Å². The van der Waals surface area contributed by atoms with Crippen LogP contribution in [-0.2, 0) is 9.53 Å². The van der Waals surface area contributed by atoms with Crippen molar-refractivity contribution in [3.8, 4) is 0 Å². The number of carbonyl (C=O) groups is 2. The topological polar surface area (TPSA) is 58.6 Å². The molecule has 0 saturated carbocycles. The molecule has 0 aromatic heterocycles. The van der Waals surface area contributed by atoms with Gasteiger partial charge in [-0.2, -0.15) is 0 Å². The Bertz CT molecular complexity index is 256. The molecule has 0 radical (unpaired) electrons. The molecule has 0 heterocycles. The van der Waals surface area contributed by atoms with E-state index < -0.39 is 11.7 Å². The van der Waals surface area contributed by atoms with E-state index in [0.29, 0.717) is 0 Å². The van der Waals surface area contributed by atoms with Crippen LogP contribution in [0.1, 0.15) is 27.7 Å². The maximum absolute atomic E-state index is 11.3. The molecule has 5 heteroatoms. The Hall–Kier alpha value is -1.52. The fourth-order valence-electron chi connectivity index (χ4n) is 0.793. The maximum Gasteiger partial charge on any atom is 0.426 e. The van der Waals surface area contributed by atoms with Gasteiger partial charge in [-0.1, -0.05) is 6.08 Å². The SMILES string of the molecule is C=CCN(NC(=O)OC(C)(C)C)C(C)=O. The molecule has 0 aromatic rings. The summed E-state index contributed by atoms with van der Waals surface area (Å²) in [4.78, 5) is 22.3. The fourth-order valence-corrected chi connectivity index (χ4v) is 0.793. The van der Waals surface area contributed by atoms with Crippen LogP contribution >= 0.6 is 0 Å². The molecule has 0 saturated heterocycles. The highest BCUT2D eigenvalue weighted by molar-refractivity contribution is 5.77. The molecule has 2 amide bonds. The highest BCUT2D eigenvalue weighted by Crippen LogP contribution is 2.06. The summed E-state index contributed by atoms with van der Waals surface area (Å²) in [5.41, 5.74) is 1.74. The first-order chi connectivity index (χ1) is 6.76. The van der Waals surface area contributed by atoms with Crippen LogP contribution in [-0.4, -0.2) is 29.2 Å². The third-order valence-electron chi connectivity index (χ3n) is 1.32. The molecule has 0 bridgehead atoms. The lowest BCUT2D eigenvalue weighted by atomic mass is 10.2. The molecule has 0 atom stereocenters. The van der Waals surface area contributed by atoms with Crippen LogP contribution in [0.15, 0.2) is 12.7 Å². The second kappa shape index (κ2) is 5.38. The molecule has 86 valence electrons. The third-order valence-corrected chi connectivity index (χ3v) is 1.32. The minimum atomic E-state index is -0.653. The summed E-state index contributed by atoms with van der Waals surface area (Å²) < 4.78 is 4.99. The van der Waals surface area contributed by atoms with Gasteiger partial charge < -0.3 is 4.74 Å². The van der Waals surface area contributed by atoms with Gasteiger partial charge in [-0.15, -0.1) is 6.58 Å². The molecule has 0 fully saturated rings. The Morgan fingerprint density at radius 1 is 1.47 bits per heavy atom. The molecule has 15 heavy (non-hydrogen) atoms. The zero-order valence-electron chi connectivity index (χ0n) is 9.66. The molecule has 0 rings (SSSR count). The minimum Gasteiger partial charge on any atom is -0.443 e. The standard InChI is InChI=1S/C10H18N2O3/c1-6-7-12(8(2)13)11-9(14)15-10(3,4)5/h6H,1,7H2,2-5H3,(H,11,14). The normalized spacial score (nSPS) is 10.4. The van der Waals surface area contributed by atoms with Gasteiger partial charge in [0.25, 0.3) is 0 Å². The van der Waals surface area contributed by atoms with Gasteiger partial charge in [0.1, 0.15) is 5.60 Å². The van der Waals surface area contributed by atoms with Crippen LogP contribution in [0.2, 0.25) is 0 Å². The van der Waals surface area contributed by atoms with E-state index in [2.05, 4.69) is 12.0 Å². The first-order valence-corrected chi connectivity index (χ1v) is 4.65. The van der Waals surface area contributed by atoms with Crippen molar-refractivity contribution in [2.24, 2.45) is 0 Å². The molecule has 0 aliphatic rings. The Morgan fingerprint density at radius 2 is 2.00 bits per heavy atom. The van der Waals surface area contributed by atoms with Crippen LogP contribution in [0.3, 0.4) is 0 Å². The molecular formula is C10H18N2O3. The zero-order valence-corrected chi connectivity index (χ0v) is 9.66. The minimum absolute atomic E-state index is 0.245. The lowest BCUT2D eigenvalue weighted by Gasteiger charge is -2.24. The molecule has 0 aromatic carbocycles. The predicted molar refractivity (Wildman–Crippen MR) is 57.0 cm³/mol. The van der Waals surface area contributed by atoms with Crippen LogP contribution < -0.4 is 5.43 Å². The fraction of sp³-hybridized carbons (Fsp3) is 0.600. The van der Waals surface area contributed by atoms with Gasteiger partial charge >= 0.3 is 6.09 Å². The molecule has 0 aliphatic carbocycles. The Morgan fingerprint density at radius 3 is 2.33 bits per heavy atom. The van der Waals surface area contributed by atoms with Crippen LogP contribution in [0, 0.1) is 0 Å². The van der Waals surface area contributed by atoms with E-state index >= 15 is 0 Å². The van der Waals surface area contributed by atoms with Gasteiger partial charge in [0.2, 0.25) is 5.91 Å². The monoisotopic (exact) mass is 214 g/mol. The molecular weight excluding hydrogens is 196 g/mol. The van der Waals surface area contributed by atoms with Crippen molar-refractivity contribution < 1.29 is 14.3 Å². The molecule has 0 unspecified atom stereocenters. The lowest BCUT2D eigenvalue weighted by Crippen LogP contribution is -2.47. The van der Waals surface area contributed by atoms with Crippen LogP contribution in [0.25, 0.3) is 0 Å². The maximum atomic E-state index is 11.3. The zero-order chi connectivity index (χ0) is 12.1. The van der Waals surface area contributed by atoms with Crippen molar-refractivity contribution in [3.63, 3.8) is 0 Å². The summed E-state index contributed by atoms with van der Waals surface area (Å²) in [6, 6.07) is 0. The number of hydrogen-bond donors (Lipinski definition) is 1. The van der Waals surface area contributed by atoms with E-state index in [1.807, 2.05) is 0 Å². The second-order valence-electron chi connectivity index (χ2n) is 4.03. The summed E-state index contributed by atoms with van der Waals surface area (Å²) in [6.07, 6.45) is 0.859. The average Bonchev–Trinajstić information content (AvgIpc) is 1.99. The number of hydrazine groups is 1. The van der Waals surface area contributed by atoms with Crippen molar-refractivity contribution in [3.05, 3.63) is 12.7 Å². The smallest absolute Gasteiger partial charge is 0.426 e. The highest BCUT2D eigenvalue weighted by atomic mass is 16.6. The van der Waals surface area contributed by atoms with Gasteiger partial charge in [0.15, 0.2) is 0 Å². The molecule has 0 aliphatic heterocycles. The first-order valence-electron chi connectivity index (χ1n) is 4.65. The summed E-state index contributed by atoms with van der Waals surface area (Å²) in [6.45, 7) is 10.3. The quantitative estimate of drug-likeness (QED) is 0.559. The van der Waals surface area contributed by atoms with Gasteiger partial charge in [0.05, 0.1) is 6.54 Å². The van der Waals surface area contributed by atoms with Crippen LogP contribution in [0.4, 0.5) is 4.79 Å². The summed E-state index contributed by atoms with van der Waals surface area (Å²) >= 11 is 0. The largest absolute Gasteiger partial charge is 0.443 e. The molecule has 5 nitrogen and oxygen atoms in total. The van der Waals surface area contributed by atoms with E-state index in [0.717, 1.165) is 5.01 Å². The first kappa shape index (κ1) is 13.5. The van der Waals surface area contributed by atoms with Crippen molar-refractivity contribution in [2.75, 3.05) is 6.54 Å². The van der Waals surface area contributed by atoms with Gasteiger partial charge in [-0.3, -0.25) is 4.79 Å². The number of nitrogens with zero attached hydrogens (tertiary/aromatic N) is 1. The number of nitrogens with one attached hydrogen (secondary N) is 1. The van der Waals surface area contributed by atoms with Crippen molar-refractivity contribution in [1.29, 1.82) is 0 Å².